The maximum atomic E-state index is 13.9. The number of carbonyl (C=O) groups is 3. The Labute approximate surface area is 255 Å². The van der Waals surface area contributed by atoms with Crippen molar-refractivity contribution in [3.63, 3.8) is 0 Å². The van der Waals surface area contributed by atoms with Crippen LogP contribution < -0.4 is 5.32 Å². The predicted molar refractivity (Wildman–Crippen MR) is 163 cm³/mol. The molecule has 10 heteroatoms. The highest BCUT2D eigenvalue weighted by molar-refractivity contribution is 9.10. The molecule has 2 aliphatic rings. The molecule has 0 radical (unpaired) electrons. The van der Waals surface area contributed by atoms with E-state index in [4.69, 9.17) is 0 Å². The van der Waals surface area contributed by atoms with Gasteiger partial charge in [-0.3, -0.25) is 14.4 Å². The Morgan fingerprint density at radius 2 is 1.64 bits per heavy atom. The minimum atomic E-state index is -3.96. The molecule has 8 nitrogen and oxygen atoms in total. The molecule has 1 atom stereocenters. The van der Waals surface area contributed by atoms with E-state index in [1.165, 1.54) is 12.1 Å². The smallest absolute Gasteiger partial charge is 0.269 e. The Bertz CT molecular complexity index is 1560. The molecule has 1 heterocycles. The maximum Gasteiger partial charge on any atom is 0.269 e. The zero-order valence-corrected chi connectivity index (χ0v) is 25.6. The molecular weight excluding hydrogens is 618 g/mol. The largest absolute Gasteiger partial charge is 0.352 e. The van der Waals surface area contributed by atoms with E-state index in [0.717, 1.165) is 45.6 Å². The number of nitrogens with zero attached hydrogens (tertiary/aromatic N) is 2. The van der Waals surface area contributed by atoms with Gasteiger partial charge in [-0.05, 0) is 54.7 Å². The van der Waals surface area contributed by atoms with Gasteiger partial charge in [-0.15, -0.1) is 0 Å². The van der Waals surface area contributed by atoms with E-state index < -0.39 is 22.0 Å². The fourth-order valence-electron chi connectivity index (χ4n) is 5.72. The van der Waals surface area contributed by atoms with Gasteiger partial charge in [-0.1, -0.05) is 83.4 Å². The maximum absolute atomic E-state index is 13.9. The molecule has 1 fully saturated rings. The average Bonchev–Trinajstić information content (AvgIpc) is 3.56. The summed E-state index contributed by atoms with van der Waals surface area (Å²) in [5.41, 5.74) is 1.94. The van der Waals surface area contributed by atoms with Crippen LogP contribution in [0.2, 0.25) is 0 Å². The molecule has 0 saturated heterocycles. The van der Waals surface area contributed by atoms with Crippen LogP contribution in [0.15, 0.2) is 88.2 Å². The zero-order chi connectivity index (χ0) is 29.7. The molecule has 0 spiro atoms. The number of amides is 3. The molecule has 3 amide bonds. The number of benzene rings is 3. The molecule has 0 bridgehead atoms. The molecule has 3 aromatic rings. The first kappa shape index (κ1) is 30.0. The number of fused-ring (bicyclic) bond motifs is 1. The van der Waals surface area contributed by atoms with Crippen molar-refractivity contribution in [1.82, 2.24) is 14.5 Å². The van der Waals surface area contributed by atoms with Crippen LogP contribution in [0.1, 0.15) is 60.0 Å². The average molecular weight is 653 g/mol. The number of nitrogens with one attached hydrogen (secondary N) is 1. The van der Waals surface area contributed by atoms with Gasteiger partial charge in [0, 0.05) is 36.4 Å². The number of halogens is 1. The van der Waals surface area contributed by atoms with Crippen LogP contribution in [0.5, 0.6) is 0 Å². The Hall–Kier alpha value is -3.50. The number of carbonyl (C=O) groups excluding carboxylic acids is 3. The van der Waals surface area contributed by atoms with Gasteiger partial charge in [0.05, 0.1) is 5.56 Å². The van der Waals surface area contributed by atoms with Gasteiger partial charge in [0.15, 0.2) is 0 Å². The fourth-order valence-corrected chi connectivity index (χ4v) is 7.78. The van der Waals surface area contributed by atoms with Crippen LogP contribution in [0.4, 0.5) is 0 Å². The van der Waals surface area contributed by atoms with E-state index in [9.17, 15) is 22.8 Å². The molecule has 42 heavy (non-hydrogen) atoms. The third-order valence-corrected chi connectivity index (χ3v) is 10.2. The van der Waals surface area contributed by atoms with E-state index in [1.54, 1.807) is 17.0 Å². The van der Waals surface area contributed by atoms with Crippen LogP contribution in [0.25, 0.3) is 0 Å². The van der Waals surface area contributed by atoms with Gasteiger partial charge in [-0.2, -0.15) is 0 Å². The highest BCUT2D eigenvalue weighted by Gasteiger charge is 2.40. The van der Waals surface area contributed by atoms with Crippen molar-refractivity contribution in [2.24, 2.45) is 0 Å². The minimum absolute atomic E-state index is 0.0101. The van der Waals surface area contributed by atoms with Crippen LogP contribution in [-0.4, -0.2) is 54.0 Å². The van der Waals surface area contributed by atoms with E-state index in [2.05, 4.69) is 21.2 Å². The molecular formula is C32H34BrN3O5S. The third kappa shape index (κ3) is 6.76. The third-order valence-electron chi connectivity index (χ3n) is 7.88. The van der Waals surface area contributed by atoms with E-state index in [1.807, 2.05) is 54.6 Å². The lowest BCUT2D eigenvalue weighted by molar-refractivity contribution is -0.141. The van der Waals surface area contributed by atoms with Crippen molar-refractivity contribution in [3.8, 4) is 0 Å². The Kier molecular flexibility index (Phi) is 9.43. The summed E-state index contributed by atoms with van der Waals surface area (Å²) < 4.78 is 27.7. The number of hydrogen-bond acceptors (Lipinski definition) is 5. The highest BCUT2D eigenvalue weighted by Crippen LogP contribution is 2.30. The minimum Gasteiger partial charge on any atom is -0.352 e. The number of rotatable bonds is 11. The van der Waals surface area contributed by atoms with E-state index in [0.29, 0.717) is 6.42 Å². The summed E-state index contributed by atoms with van der Waals surface area (Å²) in [6.45, 7) is 0.0875. The van der Waals surface area contributed by atoms with Crippen LogP contribution in [0.3, 0.4) is 0 Å². The van der Waals surface area contributed by atoms with Gasteiger partial charge in [0.1, 0.15) is 10.9 Å². The number of sulfonamides is 1. The second-order valence-corrected chi connectivity index (χ2v) is 13.6. The van der Waals surface area contributed by atoms with E-state index >= 15 is 0 Å². The quantitative estimate of drug-likeness (QED) is 0.312. The SMILES string of the molecule is O=C(NC1CCCC1)[C@@H](Cc1ccccc1)N(Cc1cccc(Br)c1)C(=O)CCCN1C(=O)c2ccccc2S1(=O)=O. The Morgan fingerprint density at radius 1 is 0.952 bits per heavy atom. The standard InChI is InChI=1S/C32H34BrN3O5S/c33-25-13-8-12-24(20-25)22-35(28(21-23-10-2-1-3-11-23)31(38)34-26-14-4-5-15-26)30(37)18-9-19-36-32(39)27-16-6-7-17-29(27)42(36,40)41/h1-3,6-8,10-13,16-17,20,26,28H,4-5,9,14-15,18-19,21-22H2,(H,34,38)/t28-/m1/s1. The lowest BCUT2D eigenvalue weighted by atomic mass is 10.0. The zero-order valence-electron chi connectivity index (χ0n) is 23.2. The normalized spacial score (nSPS) is 16.7. The van der Waals surface area contributed by atoms with Gasteiger partial charge in [0.2, 0.25) is 11.8 Å². The molecule has 0 aromatic heterocycles. The first-order chi connectivity index (χ1) is 20.2. The summed E-state index contributed by atoms with van der Waals surface area (Å²) in [7, 11) is -3.96. The molecule has 220 valence electrons. The molecule has 0 unspecified atom stereocenters. The van der Waals surface area contributed by atoms with Gasteiger partial charge in [-0.25, -0.2) is 12.7 Å². The van der Waals surface area contributed by atoms with Crippen molar-refractivity contribution in [2.45, 2.75) is 68.5 Å². The highest BCUT2D eigenvalue weighted by atomic mass is 79.9. The molecule has 1 aliphatic carbocycles. The Morgan fingerprint density at radius 3 is 2.36 bits per heavy atom. The summed E-state index contributed by atoms with van der Waals surface area (Å²) in [5, 5.41) is 3.18. The van der Waals surface area contributed by atoms with Crippen LogP contribution in [0, 0.1) is 0 Å². The monoisotopic (exact) mass is 651 g/mol. The van der Waals surface area contributed by atoms with Crippen LogP contribution >= 0.6 is 15.9 Å². The molecule has 1 saturated carbocycles. The predicted octanol–water partition coefficient (Wildman–Crippen LogP) is 5.07. The lowest BCUT2D eigenvalue weighted by Crippen LogP contribution is -2.52. The van der Waals surface area contributed by atoms with Crippen molar-refractivity contribution in [1.29, 1.82) is 0 Å². The van der Waals surface area contributed by atoms with Crippen molar-refractivity contribution >= 4 is 43.7 Å². The fraction of sp³-hybridized carbons (Fsp3) is 0.344. The van der Waals surface area contributed by atoms with Gasteiger partial charge < -0.3 is 10.2 Å². The number of hydrogen-bond donors (Lipinski definition) is 1. The summed E-state index contributed by atoms with van der Waals surface area (Å²) in [6.07, 6.45) is 4.43. The molecule has 5 rings (SSSR count). The molecule has 1 N–H and O–H groups in total. The Balaban J connectivity index is 1.37. The topological polar surface area (TPSA) is 104 Å². The molecule has 3 aromatic carbocycles. The van der Waals surface area contributed by atoms with Crippen molar-refractivity contribution in [2.75, 3.05) is 6.54 Å². The first-order valence-electron chi connectivity index (χ1n) is 14.3. The first-order valence-corrected chi connectivity index (χ1v) is 16.5. The second kappa shape index (κ2) is 13.2. The van der Waals surface area contributed by atoms with Gasteiger partial charge >= 0.3 is 0 Å². The lowest BCUT2D eigenvalue weighted by Gasteiger charge is -2.32. The van der Waals surface area contributed by atoms with Crippen LogP contribution in [-0.2, 0) is 32.6 Å². The second-order valence-electron chi connectivity index (χ2n) is 10.8. The van der Waals surface area contributed by atoms with Crippen molar-refractivity contribution < 1.29 is 22.8 Å². The summed E-state index contributed by atoms with van der Waals surface area (Å²) in [5.74, 6) is -1.05. The van der Waals surface area contributed by atoms with Crippen molar-refractivity contribution in [3.05, 3.63) is 100 Å². The summed E-state index contributed by atoms with van der Waals surface area (Å²) in [4.78, 5) is 42.2. The summed E-state index contributed by atoms with van der Waals surface area (Å²) in [6, 6.07) is 22.7. The van der Waals surface area contributed by atoms with E-state index in [-0.39, 0.29) is 54.2 Å². The molecule has 1 aliphatic heterocycles. The van der Waals surface area contributed by atoms with Gasteiger partial charge in [0.25, 0.3) is 15.9 Å². The summed E-state index contributed by atoms with van der Waals surface area (Å²) >= 11 is 3.50.